The van der Waals surface area contributed by atoms with E-state index < -0.39 is 6.17 Å². The SMILES string of the molecule is Cc1nn(-c2ccccc2)c(C)c1C=NN1C(=S)N=NC1c1ccc(Cl)cc1. The Morgan fingerprint density at radius 1 is 1.07 bits per heavy atom. The van der Waals surface area contributed by atoms with E-state index in [2.05, 4.69) is 20.4 Å². The molecule has 140 valence electrons. The molecular weight excluding hydrogens is 392 g/mol. The minimum Gasteiger partial charge on any atom is -0.237 e. The summed E-state index contributed by atoms with van der Waals surface area (Å²) >= 11 is 11.3. The minimum atomic E-state index is -0.397. The Kier molecular flexibility index (Phi) is 5.02. The number of aryl methyl sites for hydroxylation is 1. The van der Waals surface area contributed by atoms with Crippen LogP contribution in [0.25, 0.3) is 5.69 Å². The quantitative estimate of drug-likeness (QED) is 0.438. The Morgan fingerprint density at radius 2 is 1.79 bits per heavy atom. The van der Waals surface area contributed by atoms with Crippen LogP contribution >= 0.6 is 23.8 Å². The van der Waals surface area contributed by atoms with E-state index in [0.717, 1.165) is 28.2 Å². The van der Waals surface area contributed by atoms with E-state index >= 15 is 0 Å². The first-order chi connectivity index (χ1) is 13.5. The molecule has 6 nitrogen and oxygen atoms in total. The van der Waals surface area contributed by atoms with Crippen molar-refractivity contribution in [3.8, 4) is 5.69 Å². The first-order valence-corrected chi connectivity index (χ1v) is 9.48. The fraction of sp³-hybridized carbons (Fsp3) is 0.150. The molecule has 4 rings (SSSR count). The second kappa shape index (κ2) is 7.61. The van der Waals surface area contributed by atoms with Crippen molar-refractivity contribution in [1.82, 2.24) is 14.8 Å². The van der Waals surface area contributed by atoms with Crippen LogP contribution in [-0.4, -0.2) is 26.1 Å². The highest BCUT2D eigenvalue weighted by molar-refractivity contribution is 7.80. The molecule has 0 spiro atoms. The van der Waals surface area contributed by atoms with Crippen LogP contribution < -0.4 is 0 Å². The molecule has 1 unspecified atom stereocenters. The van der Waals surface area contributed by atoms with Gasteiger partial charge in [0.2, 0.25) is 5.11 Å². The monoisotopic (exact) mass is 408 g/mol. The summed E-state index contributed by atoms with van der Waals surface area (Å²) in [5.74, 6) is 0. The maximum absolute atomic E-state index is 5.98. The maximum atomic E-state index is 5.98. The van der Waals surface area contributed by atoms with Crippen LogP contribution in [0.4, 0.5) is 0 Å². The maximum Gasteiger partial charge on any atom is 0.238 e. The third-order valence-corrected chi connectivity index (χ3v) is 5.03. The molecule has 2 aromatic carbocycles. The molecule has 1 aromatic heterocycles. The standard InChI is InChI=1S/C20H17ClN6S/c1-13-18(14(2)26(25-13)17-6-4-3-5-7-17)12-22-27-19(23-24-20(27)28)15-8-10-16(21)11-9-15/h3-12,19H,1-2H3. The molecule has 0 N–H and O–H groups in total. The van der Waals surface area contributed by atoms with Crippen LogP contribution in [0.2, 0.25) is 5.02 Å². The van der Waals surface area contributed by atoms with Crippen molar-refractivity contribution < 1.29 is 0 Å². The van der Waals surface area contributed by atoms with Crippen LogP contribution in [0.3, 0.4) is 0 Å². The Hall–Kier alpha value is -2.90. The third kappa shape index (κ3) is 3.46. The van der Waals surface area contributed by atoms with Crippen LogP contribution in [0, 0.1) is 13.8 Å². The van der Waals surface area contributed by atoms with Crippen molar-refractivity contribution in [1.29, 1.82) is 0 Å². The highest BCUT2D eigenvalue weighted by Gasteiger charge is 2.28. The van der Waals surface area contributed by atoms with Gasteiger partial charge in [-0.2, -0.15) is 15.3 Å². The molecule has 0 fully saturated rings. The van der Waals surface area contributed by atoms with Gasteiger partial charge in [-0.3, -0.25) is 0 Å². The first kappa shape index (κ1) is 18.5. The van der Waals surface area contributed by atoms with Gasteiger partial charge in [-0.25, -0.2) is 9.69 Å². The second-order valence-electron chi connectivity index (χ2n) is 6.34. The number of hydrogen-bond acceptors (Lipinski definition) is 4. The summed E-state index contributed by atoms with van der Waals surface area (Å²) in [6, 6.07) is 17.4. The number of rotatable bonds is 4. The van der Waals surface area contributed by atoms with Crippen molar-refractivity contribution in [3.63, 3.8) is 0 Å². The number of hydrogen-bond donors (Lipinski definition) is 0. The molecule has 1 atom stereocenters. The van der Waals surface area contributed by atoms with Crippen molar-refractivity contribution >= 4 is 35.1 Å². The van der Waals surface area contributed by atoms with Crippen LogP contribution in [0.1, 0.15) is 28.7 Å². The van der Waals surface area contributed by atoms with Gasteiger partial charge >= 0.3 is 0 Å². The zero-order valence-corrected chi connectivity index (χ0v) is 16.9. The summed E-state index contributed by atoms with van der Waals surface area (Å²) in [6.07, 6.45) is 1.37. The van der Waals surface area contributed by atoms with Gasteiger partial charge in [0, 0.05) is 16.1 Å². The average Bonchev–Trinajstić information content (AvgIpc) is 3.21. The van der Waals surface area contributed by atoms with Crippen LogP contribution in [-0.2, 0) is 0 Å². The lowest BCUT2D eigenvalue weighted by atomic mass is 10.2. The minimum absolute atomic E-state index is 0.321. The number of para-hydroxylation sites is 1. The van der Waals surface area contributed by atoms with Gasteiger partial charge in [0.15, 0.2) is 6.17 Å². The molecule has 3 aromatic rings. The van der Waals surface area contributed by atoms with E-state index in [-0.39, 0.29) is 0 Å². The molecule has 8 heteroatoms. The normalized spacial score (nSPS) is 16.5. The molecule has 0 bridgehead atoms. The molecule has 0 amide bonds. The van der Waals surface area contributed by atoms with Crippen molar-refractivity contribution in [2.24, 2.45) is 15.3 Å². The van der Waals surface area contributed by atoms with Gasteiger partial charge < -0.3 is 0 Å². The van der Waals surface area contributed by atoms with E-state index in [1.807, 2.05) is 73.1 Å². The molecule has 0 aliphatic carbocycles. The lowest BCUT2D eigenvalue weighted by Crippen LogP contribution is -2.21. The highest BCUT2D eigenvalue weighted by Crippen LogP contribution is 2.30. The smallest absolute Gasteiger partial charge is 0.237 e. The Labute approximate surface area is 173 Å². The zero-order chi connectivity index (χ0) is 19.7. The van der Waals surface area contributed by atoms with Crippen molar-refractivity contribution in [2.45, 2.75) is 20.0 Å². The van der Waals surface area contributed by atoms with Crippen molar-refractivity contribution in [3.05, 3.63) is 82.1 Å². The molecule has 0 saturated carbocycles. The van der Waals surface area contributed by atoms with Crippen molar-refractivity contribution in [2.75, 3.05) is 0 Å². The summed E-state index contributed by atoms with van der Waals surface area (Å²) < 4.78 is 1.91. The fourth-order valence-electron chi connectivity index (χ4n) is 3.04. The summed E-state index contributed by atoms with van der Waals surface area (Å²) in [5, 5.41) is 20.1. The predicted molar refractivity (Wildman–Crippen MR) is 114 cm³/mol. The number of nitrogens with zero attached hydrogens (tertiary/aromatic N) is 6. The van der Waals surface area contributed by atoms with E-state index in [0.29, 0.717) is 10.1 Å². The number of halogens is 1. The average molecular weight is 409 g/mol. The predicted octanol–water partition coefficient (Wildman–Crippen LogP) is 5.23. The molecule has 1 aliphatic heterocycles. The summed E-state index contributed by atoms with van der Waals surface area (Å²) in [7, 11) is 0. The summed E-state index contributed by atoms with van der Waals surface area (Å²) in [6.45, 7) is 3.98. The lowest BCUT2D eigenvalue weighted by Gasteiger charge is -2.17. The molecular formula is C20H17ClN6S. The molecule has 1 aliphatic rings. The van der Waals surface area contributed by atoms with Crippen LogP contribution in [0.5, 0.6) is 0 Å². The number of benzene rings is 2. The third-order valence-electron chi connectivity index (χ3n) is 4.51. The van der Waals surface area contributed by atoms with E-state index in [1.165, 1.54) is 0 Å². The molecule has 28 heavy (non-hydrogen) atoms. The van der Waals surface area contributed by atoms with Gasteiger partial charge in [0.25, 0.3) is 0 Å². The summed E-state index contributed by atoms with van der Waals surface area (Å²) in [4.78, 5) is 0. The molecule has 0 saturated heterocycles. The topological polar surface area (TPSA) is 58.1 Å². The van der Waals surface area contributed by atoms with Gasteiger partial charge in [-0.1, -0.05) is 41.9 Å². The van der Waals surface area contributed by atoms with E-state index in [1.54, 1.807) is 11.2 Å². The number of aromatic nitrogens is 2. The van der Waals surface area contributed by atoms with Gasteiger partial charge in [-0.05, 0) is 50.3 Å². The lowest BCUT2D eigenvalue weighted by molar-refractivity contribution is 0.367. The Bertz CT molecular complexity index is 1070. The molecule has 0 radical (unpaired) electrons. The second-order valence-corrected chi connectivity index (χ2v) is 7.15. The Balaban J connectivity index is 1.64. The van der Waals surface area contributed by atoms with Gasteiger partial charge in [-0.15, -0.1) is 5.11 Å². The summed E-state index contributed by atoms with van der Waals surface area (Å²) in [5.41, 5.74) is 4.73. The number of azo groups is 1. The first-order valence-electron chi connectivity index (χ1n) is 8.70. The zero-order valence-electron chi connectivity index (χ0n) is 15.3. The number of hydrazone groups is 1. The van der Waals surface area contributed by atoms with E-state index in [9.17, 15) is 0 Å². The molecule has 2 heterocycles. The van der Waals surface area contributed by atoms with Gasteiger partial charge in [0.05, 0.1) is 23.3 Å². The van der Waals surface area contributed by atoms with E-state index in [4.69, 9.17) is 23.8 Å². The van der Waals surface area contributed by atoms with Crippen LogP contribution in [0.15, 0.2) is 69.9 Å². The highest BCUT2D eigenvalue weighted by atomic mass is 35.5. The fourth-order valence-corrected chi connectivity index (χ4v) is 3.36. The van der Waals surface area contributed by atoms with Gasteiger partial charge in [0.1, 0.15) is 0 Å². The largest absolute Gasteiger partial charge is 0.238 e. The Morgan fingerprint density at radius 3 is 2.50 bits per heavy atom. The number of thiocarbonyl (C=S) groups is 1.